The van der Waals surface area contributed by atoms with Gasteiger partial charge in [0.25, 0.3) is 0 Å². The first-order chi connectivity index (χ1) is 27.6. The van der Waals surface area contributed by atoms with Crippen molar-refractivity contribution in [1.82, 2.24) is 20.0 Å². The maximum absolute atomic E-state index is 13.5. The maximum atomic E-state index is 13.5. The van der Waals surface area contributed by atoms with E-state index in [1.807, 2.05) is 0 Å². The van der Waals surface area contributed by atoms with Crippen molar-refractivity contribution in [1.29, 1.82) is 0 Å². The number of hydrogen-bond acceptors (Lipinski definition) is 11. The predicted octanol–water partition coefficient (Wildman–Crippen LogP) is 2.08. The lowest BCUT2D eigenvalue weighted by molar-refractivity contribution is -0.170. The Morgan fingerprint density at radius 3 is 1.73 bits per heavy atom. The molecule has 0 heterocycles. The van der Waals surface area contributed by atoms with Crippen LogP contribution in [0.5, 0.6) is 0 Å². The number of carbonyl (C=O) groups excluding carboxylic acids is 1. The number of carbonyl (C=O) groups is 7. The quantitative estimate of drug-likeness (QED) is 0.0691. The van der Waals surface area contributed by atoms with E-state index in [0.717, 1.165) is 54.7 Å². The molecule has 4 aliphatic carbocycles. The van der Waals surface area contributed by atoms with Crippen LogP contribution in [0.4, 0.5) is 0 Å². The van der Waals surface area contributed by atoms with Crippen LogP contribution in [0.3, 0.4) is 0 Å². The van der Waals surface area contributed by atoms with Gasteiger partial charge in [-0.15, -0.1) is 0 Å². The summed E-state index contributed by atoms with van der Waals surface area (Å²) < 4.78 is 0. The molecule has 1 unspecified atom stereocenters. The van der Waals surface area contributed by atoms with Crippen molar-refractivity contribution in [3.8, 4) is 0 Å². The number of carboxylic acids is 6. The molecule has 0 aromatic heterocycles. The molecule has 0 aromatic carbocycles. The van der Waals surface area contributed by atoms with Crippen LogP contribution >= 0.6 is 0 Å². The number of carboxylic acid groups (broad SMARTS) is 6. The highest BCUT2D eigenvalue weighted by Crippen LogP contribution is 2.68. The van der Waals surface area contributed by atoms with E-state index < -0.39 is 74.1 Å². The maximum Gasteiger partial charge on any atom is 0.320 e. The Hall–Kier alpha value is -3.87. The molecule has 0 radical (unpaired) electrons. The van der Waals surface area contributed by atoms with Crippen molar-refractivity contribution < 1.29 is 69.3 Å². The normalized spacial score (nSPS) is 31.1. The Labute approximate surface area is 345 Å². The Morgan fingerprint density at radius 2 is 1.22 bits per heavy atom. The topological polar surface area (TPSA) is 283 Å². The first-order valence-electron chi connectivity index (χ1n) is 21.1. The largest absolute Gasteiger partial charge is 0.481 e. The van der Waals surface area contributed by atoms with E-state index >= 15 is 0 Å². The average Bonchev–Trinajstić information content (AvgIpc) is 3.49. The van der Waals surface area contributed by atoms with Crippen molar-refractivity contribution >= 4 is 41.7 Å². The average molecular weight is 839 g/mol. The number of hydrogen-bond donors (Lipinski definition) is 8. The van der Waals surface area contributed by atoms with Crippen molar-refractivity contribution in [2.45, 2.75) is 116 Å². The molecule has 59 heavy (non-hydrogen) atoms. The summed E-state index contributed by atoms with van der Waals surface area (Å²) in [6.45, 7) is 3.51. The molecule has 18 nitrogen and oxygen atoms in total. The molecule has 18 heteroatoms. The molecule has 4 saturated carbocycles. The third kappa shape index (κ3) is 12.1. The second-order valence-electron chi connectivity index (χ2n) is 18.3. The van der Waals surface area contributed by atoms with Crippen LogP contribution in [-0.2, 0) is 33.6 Å². The van der Waals surface area contributed by atoms with Crippen molar-refractivity contribution in [2.75, 3.05) is 52.4 Å². The molecule has 4 rings (SSSR count). The lowest BCUT2D eigenvalue weighted by Crippen LogP contribution is -2.59. The lowest BCUT2D eigenvalue weighted by Gasteiger charge is -2.62. The van der Waals surface area contributed by atoms with Crippen LogP contribution < -0.4 is 5.32 Å². The summed E-state index contributed by atoms with van der Waals surface area (Å²) in [4.78, 5) is 86.6. The van der Waals surface area contributed by atoms with E-state index in [-0.39, 0.29) is 80.1 Å². The standard InChI is InChI=1S/C41H66N4O14/c1-24(4-11-34(48)49)28-7-8-29-27-6-5-25-18-26(12-13-40(25,2)30(27)19-32(46)41(28,29)3)42-33(47)10-9-31(39(58)59)45(16-14-43(20-35(50)51)21-36(52)53)17-15-44(22-37(54)55)23-38(56)57/h24-32,46H,4-23H2,1-3H3,(H,42,47)(H,48,49)(H,50,51)(H,52,53)(H,54,55)(H,56,57)(H,58,59)/t24-,25-,26-,27+,28-,29+,30+,31?,32+,40+,41-/m1/s1. The zero-order chi connectivity index (χ0) is 43.8. The van der Waals surface area contributed by atoms with Gasteiger partial charge >= 0.3 is 35.8 Å². The Morgan fingerprint density at radius 1 is 0.661 bits per heavy atom. The number of aliphatic hydroxyl groups is 1. The molecular formula is C41H66N4O14. The molecule has 334 valence electrons. The summed E-state index contributed by atoms with van der Waals surface area (Å²) in [6, 6.07) is -1.43. The molecule has 0 aliphatic heterocycles. The minimum Gasteiger partial charge on any atom is -0.481 e. The molecule has 0 spiro atoms. The number of rotatable bonds is 24. The molecule has 8 N–H and O–H groups in total. The van der Waals surface area contributed by atoms with Crippen LogP contribution in [0.1, 0.15) is 97.8 Å². The third-order valence-corrected chi connectivity index (χ3v) is 14.9. The summed E-state index contributed by atoms with van der Waals surface area (Å²) in [5, 5.41) is 71.8. The highest BCUT2D eigenvalue weighted by molar-refractivity contribution is 5.79. The van der Waals surface area contributed by atoms with Gasteiger partial charge in [0.15, 0.2) is 0 Å². The van der Waals surface area contributed by atoms with Crippen molar-refractivity contribution in [3.63, 3.8) is 0 Å². The molecule has 0 aromatic rings. The summed E-state index contributed by atoms with van der Waals surface area (Å²) in [7, 11) is 0. The summed E-state index contributed by atoms with van der Waals surface area (Å²) in [5.74, 6) is -5.61. The van der Waals surface area contributed by atoms with Gasteiger partial charge in [0.2, 0.25) is 5.91 Å². The minimum atomic E-state index is -1.31. The van der Waals surface area contributed by atoms with Crippen molar-refractivity contribution in [3.05, 3.63) is 0 Å². The van der Waals surface area contributed by atoms with Crippen LogP contribution in [0.15, 0.2) is 0 Å². The highest BCUT2D eigenvalue weighted by atomic mass is 16.4. The van der Waals surface area contributed by atoms with Gasteiger partial charge in [-0.05, 0) is 111 Å². The monoisotopic (exact) mass is 838 g/mol. The van der Waals surface area contributed by atoms with Gasteiger partial charge in [0.1, 0.15) is 6.04 Å². The first-order valence-corrected chi connectivity index (χ1v) is 21.1. The van der Waals surface area contributed by atoms with Crippen molar-refractivity contribution in [2.24, 2.45) is 46.3 Å². The number of aliphatic hydroxyl groups excluding tert-OH is 1. The van der Waals surface area contributed by atoms with E-state index in [4.69, 9.17) is 0 Å². The SMILES string of the molecule is C[C@H](CCC(=O)O)[C@H]1CC[C@H]2[C@@H]3CC[C@@H]4C[C@H](NC(=O)CCC(C(=O)O)N(CCN(CC(=O)O)CC(=O)O)CCN(CC(=O)O)CC(=O)O)CC[C@]4(C)[C@H]3C[C@H](O)[C@]12C. The Bertz CT molecular complexity index is 1470. The van der Waals surface area contributed by atoms with Crippen LogP contribution in [0.2, 0.25) is 0 Å². The fourth-order valence-corrected chi connectivity index (χ4v) is 12.1. The summed E-state index contributed by atoms with van der Waals surface area (Å²) in [6.07, 6.45) is 7.09. The van der Waals surface area contributed by atoms with Gasteiger partial charge in [-0.1, -0.05) is 20.8 Å². The molecular weight excluding hydrogens is 772 g/mol. The number of aliphatic carboxylic acids is 6. The summed E-state index contributed by atoms with van der Waals surface area (Å²) in [5.41, 5.74) is -0.262. The molecule has 4 aliphatic rings. The van der Waals surface area contributed by atoms with E-state index in [2.05, 4.69) is 26.1 Å². The van der Waals surface area contributed by atoms with Gasteiger partial charge in [-0.2, -0.15) is 0 Å². The fraction of sp³-hybridized carbons (Fsp3) is 0.829. The second kappa shape index (κ2) is 20.6. The van der Waals surface area contributed by atoms with E-state index in [0.29, 0.717) is 36.5 Å². The van der Waals surface area contributed by atoms with Crippen LogP contribution in [0.25, 0.3) is 0 Å². The molecule has 1 amide bonds. The van der Waals surface area contributed by atoms with E-state index in [1.54, 1.807) is 0 Å². The minimum absolute atomic E-state index is 0.0152. The molecule has 0 saturated heterocycles. The number of fused-ring (bicyclic) bond motifs is 5. The lowest BCUT2D eigenvalue weighted by atomic mass is 9.43. The van der Waals surface area contributed by atoms with Gasteiger partial charge < -0.3 is 41.1 Å². The molecule has 0 bridgehead atoms. The highest BCUT2D eigenvalue weighted by Gasteiger charge is 2.63. The Balaban J connectivity index is 1.39. The van der Waals surface area contributed by atoms with E-state index in [1.165, 1.54) is 4.90 Å². The smallest absolute Gasteiger partial charge is 0.320 e. The van der Waals surface area contributed by atoms with E-state index in [9.17, 15) is 69.3 Å². The Kier molecular flexibility index (Phi) is 16.7. The second-order valence-corrected chi connectivity index (χ2v) is 18.3. The zero-order valence-corrected chi connectivity index (χ0v) is 34.7. The van der Waals surface area contributed by atoms with Gasteiger partial charge in [-0.25, -0.2) is 0 Å². The van der Waals surface area contributed by atoms with Gasteiger partial charge in [0, 0.05) is 45.1 Å². The molecule has 11 atom stereocenters. The number of nitrogens with one attached hydrogen (secondary N) is 1. The van der Waals surface area contributed by atoms with Crippen LogP contribution in [0, 0.1) is 46.3 Å². The van der Waals surface area contributed by atoms with Crippen LogP contribution in [-0.4, -0.2) is 163 Å². The van der Waals surface area contributed by atoms with Gasteiger partial charge in [-0.3, -0.25) is 48.3 Å². The predicted molar refractivity (Wildman–Crippen MR) is 210 cm³/mol. The van der Waals surface area contributed by atoms with Gasteiger partial charge in [0.05, 0.1) is 32.3 Å². The third-order valence-electron chi connectivity index (χ3n) is 14.9. The zero-order valence-electron chi connectivity index (χ0n) is 34.7. The fourth-order valence-electron chi connectivity index (χ4n) is 12.1. The summed E-state index contributed by atoms with van der Waals surface area (Å²) >= 11 is 0. The molecule has 4 fully saturated rings. The number of amides is 1. The first kappa shape index (κ1) is 47.8. The number of nitrogens with zero attached hydrogens (tertiary/aromatic N) is 3.